The molecular formula is C24H38N6O2. The molecule has 1 atom stereocenters. The van der Waals surface area contributed by atoms with Crippen LogP contribution >= 0.6 is 0 Å². The number of hydrogen-bond donors (Lipinski definition) is 1. The predicted octanol–water partition coefficient (Wildman–Crippen LogP) is 2.60. The number of carbonyl (C=O) groups is 2. The van der Waals surface area contributed by atoms with E-state index in [1.165, 1.54) is 0 Å². The third-order valence-electron chi connectivity index (χ3n) is 7.46. The summed E-state index contributed by atoms with van der Waals surface area (Å²) < 4.78 is 0. The smallest absolute Gasteiger partial charge is 0.226 e. The fourth-order valence-electron chi connectivity index (χ4n) is 5.44. The van der Waals surface area contributed by atoms with Crippen molar-refractivity contribution in [3.05, 3.63) is 17.1 Å². The molecule has 8 heteroatoms. The van der Waals surface area contributed by atoms with Crippen LogP contribution < -0.4 is 5.32 Å². The quantitative estimate of drug-likeness (QED) is 0.772. The molecule has 8 nitrogen and oxygen atoms in total. The Kier molecular flexibility index (Phi) is 6.98. The van der Waals surface area contributed by atoms with Gasteiger partial charge >= 0.3 is 0 Å². The lowest BCUT2D eigenvalue weighted by molar-refractivity contribution is -0.141. The Balaban J connectivity index is 1.57. The molecule has 4 rings (SSSR count). The van der Waals surface area contributed by atoms with Crippen LogP contribution in [0.1, 0.15) is 76.0 Å². The number of nitrogens with one attached hydrogen (secondary N) is 1. The van der Waals surface area contributed by atoms with Gasteiger partial charge < -0.3 is 20.0 Å². The third-order valence-corrected chi connectivity index (χ3v) is 7.46. The van der Waals surface area contributed by atoms with E-state index in [-0.39, 0.29) is 23.8 Å². The molecule has 0 aliphatic carbocycles. The van der Waals surface area contributed by atoms with Gasteiger partial charge in [0.2, 0.25) is 11.8 Å². The minimum absolute atomic E-state index is 0.0732. The number of nitrogens with zero attached hydrogens (tertiary/aromatic N) is 5. The first kappa shape index (κ1) is 23.0. The lowest BCUT2D eigenvalue weighted by Crippen LogP contribution is -2.47. The second-order valence-electron chi connectivity index (χ2n) is 9.74. The van der Waals surface area contributed by atoms with Crippen molar-refractivity contribution < 1.29 is 9.59 Å². The molecule has 1 aromatic rings. The predicted molar refractivity (Wildman–Crippen MR) is 124 cm³/mol. The Morgan fingerprint density at radius 2 is 1.78 bits per heavy atom. The van der Waals surface area contributed by atoms with Crippen LogP contribution in [-0.4, -0.2) is 75.8 Å². The zero-order chi connectivity index (χ0) is 22.8. The molecule has 1 N–H and O–H groups in total. The molecule has 0 spiro atoms. The standard InChI is InChI=1S/C24H38N6O2/c1-16(2)28-12-8-18(9-13-28)24(32)30-11-6-5-7-21(30)23-26-20-15-29(17(3)31)14-10-19(20)22(25-4)27-23/h16,18,21H,5-15H2,1-4H3,(H,25,26,27). The summed E-state index contributed by atoms with van der Waals surface area (Å²) in [6.07, 6.45) is 5.63. The van der Waals surface area contributed by atoms with Gasteiger partial charge in [0.1, 0.15) is 5.82 Å². The van der Waals surface area contributed by atoms with Crippen molar-refractivity contribution in [2.24, 2.45) is 5.92 Å². The molecule has 2 fully saturated rings. The number of anilines is 1. The molecule has 0 bridgehead atoms. The van der Waals surface area contributed by atoms with Crippen LogP contribution in [0.5, 0.6) is 0 Å². The molecule has 176 valence electrons. The number of fused-ring (bicyclic) bond motifs is 1. The summed E-state index contributed by atoms with van der Waals surface area (Å²) >= 11 is 0. The van der Waals surface area contributed by atoms with Crippen LogP contribution in [0.25, 0.3) is 0 Å². The van der Waals surface area contributed by atoms with Gasteiger partial charge in [-0.15, -0.1) is 0 Å². The van der Waals surface area contributed by atoms with E-state index in [0.29, 0.717) is 19.1 Å². The van der Waals surface area contributed by atoms with E-state index in [1.54, 1.807) is 6.92 Å². The topological polar surface area (TPSA) is 81.7 Å². The maximum atomic E-state index is 13.6. The Morgan fingerprint density at radius 3 is 2.44 bits per heavy atom. The van der Waals surface area contributed by atoms with Gasteiger partial charge in [0.05, 0.1) is 18.3 Å². The van der Waals surface area contributed by atoms with E-state index in [4.69, 9.17) is 9.97 Å². The number of hydrogen-bond acceptors (Lipinski definition) is 6. The highest BCUT2D eigenvalue weighted by Gasteiger charge is 2.36. The van der Waals surface area contributed by atoms with Gasteiger partial charge in [-0.2, -0.15) is 0 Å². The maximum absolute atomic E-state index is 13.6. The van der Waals surface area contributed by atoms with Crippen molar-refractivity contribution >= 4 is 17.6 Å². The lowest BCUT2D eigenvalue weighted by atomic mass is 9.91. The summed E-state index contributed by atoms with van der Waals surface area (Å²) in [6, 6.07) is 0.455. The van der Waals surface area contributed by atoms with Crippen molar-refractivity contribution in [1.82, 2.24) is 24.7 Å². The van der Waals surface area contributed by atoms with Gasteiger partial charge in [-0.05, 0) is 65.5 Å². The van der Waals surface area contributed by atoms with E-state index in [9.17, 15) is 9.59 Å². The van der Waals surface area contributed by atoms with E-state index in [2.05, 4.69) is 29.0 Å². The van der Waals surface area contributed by atoms with Crippen LogP contribution in [0.4, 0.5) is 5.82 Å². The number of amides is 2. The summed E-state index contributed by atoms with van der Waals surface area (Å²) in [4.78, 5) is 41.7. The Morgan fingerprint density at radius 1 is 1.03 bits per heavy atom. The van der Waals surface area contributed by atoms with Crippen molar-refractivity contribution in [1.29, 1.82) is 0 Å². The summed E-state index contributed by atoms with van der Waals surface area (Å²) in [6.45, 7) is 10.0. The summed E-state index contributed by atoms with van der Waals surface area (Å²) in [5.74, 6) is 2.02. The molecule has 0 aromatic carbocycles. The van der Waals surface area contributed by atoms with Crippen molar-refractivity contribution in [2.45, 2.75) is 77.9 Å². The summed E-state index contributed by atoms with van der Waals surface area (Å²) in [5, 5.41) is 3.24. The van der Waals surface area contributed by atoms with Gasteiger partial charge in [-0.3, -0.25) is 9.59 Å². The van der Waals surface area contributed by atoms with E-state index in [0.717, 1.165) is 81.1 Å². The van der Waals surface area contributed by atoms with Gasteiger partial charge in [0, 0.05) is 44.6 Å². The monoisotopic (exact) mass is 442 g/mol. The number of piperidine rings is 2. The third kappa shape index (κ3) is 4.60. The van der Waals surface area contributed by atoms with Crippen LogP contribution in [0, 0.1) is 5.92 Å². The highest BCUT2D eigenvalue weighted by atomic mass is 16.2. The molecule has 0 radical (unpaired) electrons. The molecule has 32 heavy (non-hydrogen) atoms. The molecule has 1 unspecified atom stereocenters. The highest BCUT2D eigenvalue weighted by molar-refractivity contribution is 5.79. The molecule has 0 saturated carbocycles. The van der Waals surface area contributed by atoms with Crippen LogP contribution in [-0.2, 0) is 22.6 Å². The van der Waals surface area contributed by atoms with Gasteiger partial charge in [0.25, 0.3) is 0 Å². The largest absolute Gasteiger partial charge is 0.373 e. The SMILES string of the molecule is CNc1nc(C2CCCCN2C(=O)C2CCN(C(C)C)CC2)nc2c1CCN(C(C)=O)C2. The van der Waals surface area contributed by atoms with Crippen molar-refractivity contribution in [3.8, 4) is 0 Å². The van der Waals surface area contributed by atoms with E-state index >= 15 is 0 Å². The number of carbonyl (C=O) groups excluding carboxylic acids is 2. The number of aromatic nitrogens is 2. The molecular weight excluding hydrogens is 404 g/mol. The normalized spacial score (nSPS) is 22.7. The second kappa shape index (κ2) is 9.73. The van der Waals surface area contributed by atoms with Gasteiger partial charge in [-0.1, -0.05) is 0 Å². The first-order chi connectivity index (χ1) is 15.4. The highest BCUT2D eigenvalue weighted by Crippen LogP contribution is 2.34. The molecule has 1 aromatic heterocycles. The zero-order valence-corrected chi connectivity index (χ0v) is 20.1. The second-order valence-corrected chi connectivity index (χ2v) is 9.74. The molecule has 3 aliphatic rings. The molecule has 4 heterocycles. The minimum Gasteiger partial charge on any atom is -0.373 e. The average molecular weight is 443 g/mol. The van der Waals surface area contributed by atoms with Crippen LogP contribution in [0.3, 0.4) is 0 Å². The lowest BCUT2D eigenvalue weighted by Gasteiger charge is -2.40. The summed E-state index contributed by atoms with van der Waals surface area (Å²) in [7, 11) is 1.88. The first-order valence-electron chi connectivity index (χ1n) is 12.3. The van der Waals surface area contributed by atoms with Crippen LogP contribution in [0.15, 0.2) is 0 Å². The molecule has 2 amide bonds. The fourth-order valence-corrected chi connectivity index (χ4v) is 5.44. The minimum atomic E-state index is -0.0792. The Hall–Kier alpha value is -2.22. The molecule has 3 aliphatic heterocycles. The number of rotatable bonds is 4. The van der Waals surface area contributed by atoms with Crippen LogP contribution in [0.2, 0.25) is 0 Å². The average Bonchev–Trinajstić information content (AvgIpc) is 2.82. The Labute approximate surface area is 191 Å². The van der Waals surface area contributed by atoms with Crippen molar-refractivity contribution in [2.75, 3.05) is 38.5 Å². The van der Waals surface area contributed by atoms with Gasteiger partial charge in [-0.25, -0.2) is 9.97 Å². The summed E-state index contributed by atoms with van der Waals surface area (Å²) in [5.41, 5.74) is 2.02. The Bertz CT molecular complexity index is 849. The maximum Gasteiger partial charge on any atom is 0.226 e. The number of likely N-dealkylation sites (tertiary alicyclic amines) is 2. The van der Waals surface area contributed by atoms with Crippen molar-refractivity contribution in [3.63, 3.8) is 0 Å². The fraction of sp³-hybridized carbons (Fsp3) is 0.750. The van der Waals surface area contributed by atoms with E-state index < -0.39 is 0 Å². The zero-order valence-electron chi connectivity index (χ0n) is 20.1. The van der Waals surface area contributed by atoms with Gasteiger partial charge in [0.15, 0.2) is 5.82 Å². The van der Waals surface area contributed by atoms with E-state index in [1.807, 2.05) is 11.9 Å². The molecule has 2 saturated heterocycles. The first-order valence-corrected chi connectivity index (χ1v) is 12.3.